The normalized spacial score (nSPS) is 13.4. The van der Waals surface area contributed by atoms with Gasteiger partial charge < -0.3 is 16.3 Å². The molecule has 0 amide bonds. The van der Waals surface area contributed by atoms with Crippen molar-refractivity contribution in [1.29, 1.82) is 0 Å². The third kappa shape index (κ3) is 3.98. The lowest BCUT2D eigenvalue weighted by Crippen LogP contribution is -2.27. The summed E-state index contributed by atoms with van der Waals surface area (Å²) in [5.74, 6) is 0.264. The van der Waals surface area contributed by atoms with Crippen molar-refractivity contribution in [3.05, 3.63) is 29.8 Å². The average Bonchev–Trinajstić information content (AvgIpc) is 2.36. The van der Waals surface area contributed by atoms with Gasteiger partial charge >= 0.3 is 0 Å². The number of hydrogen-bond acceptors (Lipinski definition) is 3. The lowest BCUT2D eigenvalue weighted by Gasteiger charge is -2.15. The van der Waals surface area contributed by atoms with E-state index in [1.165, 1.54) is 5.56 Å². The minimum atomic E-state index is 0.00897. The number of anilines is 1. The number of nitrogens with two attached hydrogens (primary N) is 1. The lowest BCUT2D eigenvalue weighted by atomic mass is 10.1. The molecule has 1 aromatic rings. The van der Waals surface area contributed by atoms with Gasteiger partial charge in [-0.05, 0) is 18.1 Å². The molecule has 1 aromatic carbocycles. The van der Waals surface area contributed by atoms with Crippen LogP contribution in [-0.2, 0) is 6.42 Å². The number of nitrogens with zero attached hydrogens (tertiary/aromatic N) is 1. The Kier molecular flexibility index (Phi) is 5.33. The van der Waals surface area contributed by atoms with Crippen molar-refractivity contribution >= 4 is 11.5 Å². The van der Waals surface area contributed by atoms with Crippen LogP contribution in [-0.4, -0.2) is 17.6 Å². The van der Waals surface area contributed by atoms with E-state index in [0.717, 1.165) is 18.5 Å². The van der Waals surface area contributed by atoms with Crippen LogP contribution in [0, 0.1) is 5.92 Å². The van der Waals surface area contributed by atoms with Crippen LogP contribution in [0.15, 0.2) is 29.4 Å². The fourth-order valence-corrected chi connectivity index (χ4v) is 1.65. The first kappa shape index (κ1) is 13.4. The third-order valence-corrected chi connectivity index (χ3v) is 2.76. The maximum atomic E-state index is 8.58. The smallest absolute Gasteiger partial charge is 0.143 e. The quantitative estimate of drug-likeness (QED) is 0.307. The van der Waals surface area contributed by atoms with Crippen molar-refractivity contribution in [2.24, 2.45) is 16.8 Å². The van der Waals surface area contributed by atoms with E-state index < -0.39 is 0 Å². The summed E-state index contributed by atoms with van der Waals surface area (Å²) < 4.78 is 0. The van der Waals surface area contributed by atoms with Crippen LogP contribution < -0.4 is 11.1 Å². The van der Waals surface area contributed by atoms with Gasteiger partial charge in [-0.3, -0.25) is 0 Å². The Hall–Kier alpha value is -1.71. The van der Waals surface area contributed by atoms with E-state index in [-0.39, 0.29) is 11.8 Å². The summed E-state index contributed by atoms with van der Waals surface area (Å²) in [4.78, 5) is 0. The number of benzene rings is 1. The van der Waals surface area contributed by atoms with Gasteiger partial charge in [0, 0.05) is 18.2 Å². The molecular weight excluding hydrogens is 214 g/mol. The van der Waals surface area contributed by atoms with E-state index in [2.05, 4.69) is 29.5 Å². The van der Waals surface area contributed by atoms with Gasteiger partial charge in [-0.15, -0.1) is 0 Å². The number of oxime groups is 1. The second-order valence-electron chi connectivity index (χ2n) is 4.21. The molecule has 17 heavy (non-hydrogen) atoms. The van der Waals surface area contributed by atoms with Crippen molar-refractivity contribution in [3.63, 3.8) is 0 Å². The molecule has 0 aliphatic carbocycles. The molecule has 0 radical (unpaired) electrons. The minimum Gasteiger partial charge on any atom is -0.409 e. The van der Waals surface area contributed by atoms with E-state index in [1.54, 1.807) is 0 Å². The van der Waals surface area contributed by atoms with E-state index in [4.69, 9.17) is 10.9 Å². The van der Waals surface area contributed by atoms with Gasteiger partial charge in [0.25, 0.3) is 0 Å². The Balaban J connectivity index is 2.62. The number of nitrogens with one attached hydrogen (secondary N) is 1. The summed E-state index contributed by atoms with van der Waals surface area (Å²) in [6, 6.07) is 8.24. The summed E-state index contributed by atoms with van der Waals surface area (Å²) in [6.45, 7) is 4.75. The van der Waals surface area contributed by atoms with Gasteiger partial charge in [-0.25, -0.2) is 0 Å². The molecule has 1 atom stereocenters. The molecule has 4 heteroatoms. The number of hydrogen-bond donors (Lipinski definition) is 3. The van der Waals surface area contributed by atoms with Crippen LogP contribution >= 0.6 is 0 Å². The highest BCUT2D eigenvalue weighted by Crippen LogP contribution is 2.17. The van der Waals surface area contributed by atoms with Crippen LogP contribution in [0.5, 0.6) is 0 Å². The molecule has 1 unspecified atom stereocenters. The SMILES string of the molecule is CCCc1ccccc1NCC(C)/C(N)=N/O. The highest BCUT2D eigenvalue weighted by molar-refractivity contribution is 5.82. The van der Waals surface area contributed by atoms with Crippen molar-refractivity contribution in [2.45, 2.75) is 26.7 Å². The van der Waals surface area contributed by atoms with Crippen LogP contribution in [0.25, 0.3) is 0 Å². The van der Waals surface area contributed by atoms with Gasteiger partial charge in [-0.1, -0.05) is 43.6 Å². The zero-order valence-corrected chi connectivity index (χ0v) is 10.5. The number of amidine groups is 1. The van der Waals surface area contributed by atoms with Crippen molar-refractivity contribution in [2.75, 3.05) is 11.9 Å². The number of rotatable bonds is 6. The van der Waals surface area contributed by atoms with Gasteiger partial charge in [0.2, 0.25) is 0 Å². The first-order valence-corrected chi connectivity index (χ1v) is 5.98. The topological polar surface area (TPSA) is 70.6 Å². The monoisotopic (exact) mass is 235 g/mol. The highest BCUT2D eigenvalue weighted by Gasteiger charge is 2.08. The zero-order chi connectivity index (χ0) is 12.7. The Morgan fingerprint density at radius 2 is 2.18 bits per heavy atom. The second-order valence-corrected chi connectivity index (χ2v) is 4.21. The molecule has 0 fully saturated rings. The molecule has 0 aliphatic heterocycles. The largest absolute Gasteiger partial charge is 0.409 e. The van der Waals surface area contributed by atoms with Crippen molar-refractivity contribution in [3.8, 4) is 0 Å². The Morgan fingerprint density at radius 1 is 1.47 bits per heavy atom. The fraction of sp³-hybridized carbons (Fsp3) is 0.462. The average molecular weight is 235 g/mol. The van der Waals surface area contributed by atoms with Crippen LogP contribution in [0.2, 0.25) is 0 Å². The fourth-order valence-electron chi connectivity index (χ4n) is 1.65. The third-order valence-electron chi connectivity index (χ3n) is 2.76. The molecule has 0 saturated carbocycles. The van der Waals surface area contributed by atoms with Crippen LogP contribution in [0.1, 0.15) is 25.8 Å². The van der Waals surface area contributed by atoms with Gasteiger partial charge in [0.05, 0.1) is 0 Å². The molecule has 0 saturated heterocycles. The Morgan fingerprint density at radius 3 is 2.82 bits per heavy atom. The Labute approximate surface area is 103 Å². The summed E-state index contributed by atoms with van der Waals surface area (Å²) in [6.07, 6.45) is 2.18. The van der Waals surface area contributed by atoms with E-state index >= 15 is 0 Å². The predicted molar refractivity (Wildman–Crippen MR) is 71.5 cm³/mol. The van der Waals surface area contributed by atoms with Gasteiger partial charge in [0.15, 0.2) is 0 Å². The lowest BCUT2D eigenvalue weighted by molar-refractivity contribution is 0.315. The van der Waals surface area contributed by atoms with Crippen LogP contribution in [0.3, 0.4) is 0 Å². The molecule has 0 spiro atoms. The zero-order valence-electron chi connectivity index (χ0n) is 10.5. The molecule has 0 heterocycles. The summed E-state index contributed by atoms with van der Waals surface area (Å²) >= 11 is 0. The Bertz CT molecular complexity index is 377. The molecule has 0 bridgehead atoms. The van der Waals surface area contributed by atoms with Crippen LogP contribution in [0.4, 0.5) is 5.69 Å². The maximum Gasteiger partial charge on any atom is 0.143 e. The molecule has 4 nitrogen and oxygen atoms in total. The molecule has 1 rings (SSSR count). The van der Waals surface area contributed by atoms with Crippen molar-refractivity contribution < 1.29 is 5.21 Å². The van der Waals surface area contributed by atoms with E-state index in [0.29, 0.717) is 6.54 Å². The van der Waals surface area contributed by atoms with Gasteiger partial charge in [-0.2, -0.15) is 0 Å². The molecule has 4 N–H and O–H groups in total. The maximum absolute atomic E-state index is 8.58. The number of para-hydroxylation sites is 1. The predicted octanol–water partition coefficient (Wildman–Crippen LogP) is 2.43. The molecule has 0 aromatic heterocycles. The number of aryl methyl sites for hydroxylation is 1. The van der Waals surface area contributed by atoms with E-state index in [9.17, 15) is 0 Å². The summed E-state index contributed by atoms with van der Waals surface area (Å²) in [5.41, 5.74) is 7.98. The first-order valence-electron chi connectivity index (χ1n) is 5.98. The van der Waals surface area contributed by atoms with E-state index in [1.807, 2.05) is 19.1 Å². The summed E-state index contributed by atoms with van der Waals surface area (Å²) in [5, 5.41) is 14.9. The minimum absolute atomic E-state index is 0.00897. The first-order chi connectivity index (χ1) is 8.19. The van der Waals surface area contributed by atoms with Crippen molar-refractivity contribution in [1.82, 2.24) is 0 Å². The second kappa shape index (κ2) is 6.78. The molecule has 94 valence electrons. The highest BCUT2D eigenvalue weighted by atomic mass is 16.4. The molecule has 0 aliphatic rings. The molecular formula is C13H21N3O. The van der Waals surface area contributed by atoms with Gasteiger partial charge in [0.1, 0.15) is 5.84 Å². The standard InChI is InChI=1S/C13H21N3O/c1-3-6-11-7-4-5-8-12(11)15-9-10(2)13(14)16-17/h4-5,7-8,10,15,17H,3,6,9H2,1-2H3,(H2,14,16). The summed E-state index contributed by atoms with van der Waals surface area (Å²) in [7, 11) is 0.